The molecule has 0 bridgehead atoms. The first-order valence-corrected chi connectivity index (χ1v) is 7.14. The first-order valence-electron chi connectivity index (χ1n) is 7.14. The summed E-state index contributed by atoms with van der Waals surface area (Å²) in [4.78, 5) is 14.5. The van der Waals surface area contributed by atoms with Gasteiger partial charge in [0.05, 0.1) is 0 Å². The second kappa shape index (κ2) is 5.29. The van der Waals surface area contributed by atoms with Crippen LogP contribution in [0.3, 0.4) is 0 Å². The van der Waals surface area contributed by atoms with E-state index in [0.717, 1.165) is 42.5 Å². The van der Waals surface area contributed by atoms with Gasteiger partial charge in [-0.1, -0.05) is 18.2 Å². The summed E-state index contributed by atoms with van der Waals surface area (Å²) in [5.74, 6) is 0.470. The number of fused-ring (bicyclic) bond motifs is 1. The highest BCUT2D eigenvalue weighted by molar-refractivity contribution is 5.98. The van der Waals surface area contributed by atoms with Crippen LogP contribution in [0.25, 0.3) is 11.0 Å². The SMILES string of the molecule is Cc1c(C(=O)N(C)C2CCNCC2)oc2ccccc12. The van der Waals surface area contributed by atoms with Crippen LogP contribution in [0.15, 0.2) is 28.7 Å². The van der Waals surface area contributed by atoms with Crippen molar-refractivity contribution in [3.63, 3.8) is 0 Å². The van der Waals surface area contributed by atoms with Crippen molar-refractivity contribution in [1.29, 1.82) is 0 Å². The maximum atomic E-state index is 12.6. The standard InChI is InChI=1S/C16H20N2O2/c1-11-13-5-3-4-6-14(13)20-15(11)16(19)18(2)12-7-9-17-10-8-12/h3-6,12,17H,7-10H2,1-2H3. The Kier molecular flexibility index (Phi) is 3.49. The summed E-state index contributed by atoms with van der Waals surface area (Å²) in [7, 11) is 1.88. The van der Waals surface area contributed by atoms with Gasteiger partial charge in [-0.3, -0.25) is 4.79 Å². The first kappa shape index (κ1) is 13.2. The lowest BCUT2D eigenvalue weighted by atomic mass is 10.0. The lowest BCUT2D eigenvalue weighted by molar-refractivity contribution is 0.0672. The van der Waals surface area contributed by atoms with Gasteiger partial charge in [0.25, 0.3) is 5.91 Å². The molecule has 4 nitrogen and oxygen atoms in total. The second-order valence-corrected chi connectivity index (χ2v) is 5.45. The van der Waals surface area contributed by atoms with Gasteiger partial charge in [0.2, 0.25) is 0 Å². The number of nitrogens with zero attached hydrogens (tertiary/aromatic N) is 1. The Balaban J connectivity index is 1.89. The van der Waals surface area contributed by atoms with Gasteiger partial charge in [0, 0.05) is 24.0 Å². The van der Waals surface area contributed by atoms with E-state index in [4.69, 9.17) is 4.42 Å². The molecule has 1 amide bonds. The summed E-state index contributed by atoms with van der Waals surface area (Å²) in [5.41, 5.74) is 1.72. The molecule has 2 heterocycles. The van der Waals surface area contributed by atoms with Crippen LogP contribution in [0.5, 0.6) is 0 Å². The van der Waals surface area contributed by atoms with Crippen molar-refractivity contribution in [2.45, 2.75) is 25.8 Å². The van der Waals surface area contributed by atoms with Gasteiger partial charge in [0.15, 0.2) is 5.76 Å². The molecule has 1 aliphatic heterocycles. The molecule has 0 spiro atoms. The number of piperidine rings is 1. The van der Waals surface area contributed by atoms with E-state index in [1.165, 1.54) is 0 Å². The molecule has 0 radical (unpaired) electrons. The van der Waals surface area contributed by atoms with Gasteiger partial charge in [-0.2, -0.15) is 0 Å². The summed E-state index contributed by atoms with van der Waals surface area (Å²) >= 11 is 0. The second-order valence-electron chi connectivity index (χ2n) is 5.45. The molecule has 20 heavy (non-hydrogen) atoms. The van der Waals surface area contributed by atoms with Crippen LogP contribution < -0.4 is 5.32 Å². The predicted octanol–water partition coefficient (Wildman–Crippen LogP) is 2.57. The molecule has 1 aromatic carbocycles. The average Bonchev–Trinajstić information content (AvgIpc) is 2.84. The van der Waals surface area contributed by atoms with Gasteiger partial charge in [0.1, 0.15) is 5.58 Å². The van der Waals surface area contributed by atoms with Crippen molar-refractivity contribution in [3.8, 4) is 0 Å². The van der Waals surface area contributed by atoms with Crippen LogP contribution in [0.1, 0.15) is 29.0 Å². The summed E-state index contributed by atoms with van der Waals surface area (Å²) in [5, 5.41) is 4.34. The maximum absolute atomic E-state index is 12.6. The summed E-state index contributed by atoms with van der Waals surface area (Å²) in [6.07, 6.45) is 2.00. The van der Waals surface area contributed by atoms with Crippen LogP contribution in [-0.4, -0.2) is 37.0 Å². The fourth-order valence-corrected chi connectivity index (χ4v) is 2.90. The Hall–Kier alpha value is -1.81. The number of rotatable bonds is 2. The quantitative estimate of drug-likeness (QED) is 0.914. The van der Waals surface area contributed by atoms with Crippen LogP contribution in [-0.2, 0) is 0 Å². The van der Waals surface area contributed by atoms with E-state index in [1.807, 2.05) is 43.1 Å². The van der Waals surface area contributed by atoms with Crippen LogP contribution in [0, 0.1) is 6.92 Å². The molecule has 1 saturated heterocycles. The van der Waals surface area contributed by atoms with Gasteiger partial charge in [-0.25, -0.2) is 0 Å². The monoisotopic (exact) mass is 272 g/mol. The number of hydrogen-bond donors (Lipinski definition) is 1. The van der Waals surface area contributed by atoms with Crippen molar-refractivity contribution in [2.75, 3.05) is 20.1 Å². The van der Waals surface area contributed by atoms with Gasteiger partial charge >= 0.3 is 0 Å². The molecule has 0 saturated carbocycles. The molecule has 0 aliphatic carbocycles. The average molecular weight is 272 g/mol. The molecule has 3 rings (SSSR count). The molecule has 0 atom stereocenters. The van der Waals surface area contributed by atoms with Crippen molar-refractivity contribution in [2.24, 2.45) is 0 Å². The Bertz CT molecular complexity index is 626. The minimum Gasteiger partial charge on any atom is -0.451 e. The van der Waals surface area contributed by atoms with E-state index in [2.05, 4.69) is 5.32 Å². The number of benzene rings is 1. The molecule has 1 aliphatic rings. The number of carbonyl (C=O) groups is 1. The minimum atomic E-state index is -0.00870. The van der Waals surface area contributed by atoms with Crippen molar-refractivity contribution >= 4 is 16.9 Å². The fraction of sp³-hybridized carbons (Fsp3) is 0.438. The minimum absolute atomic E-state index is 0.00870. The van der Waals surface area contributed by atoms with Crippen molar-refractivity contribution in [1.82, 2.24) is 10.2 Å². The Morgan fingerprint density at radius 3 is 2.70 bits per heavy atom. The van der Waals surface area contributed by atoms with Crippen LogP contribution in [0.4, 0.5) is 0 Å². The molecule has 1 fully saturated rings. The number of furan rings is 1. The highest BCUT2D eigenvalue weighted by Gasteiger charge is 2.26. The molecule has 1 aromatic heterocycles. The first-order chi connectivity index (χ1) is 9.68. The predicted molar refractivity (Wildman–Crippen MR) is 78.9 cm³/mol. The number of amides is 1. The molecule has 2 aromatic rings. The Labute approximate surface area is 118 Å². The van der Waals surface area contributed by atoms with E-state index in [-0.39, 0.29) is 5.91 Å². The highest BCUT2D eigenvalue weighted by atomic mass is 16.3. The van der Waals surface area contributed by atoms with Crippen molar-refractivity contribution in [3.05, 3.63) is 35.6 Å². The zero-order valence-electron chi connectivity index (χ0n) is 12.0. The number of hydrogen-bond acceptors (Lipinski definition) is 3. The van der Waals surface area contributed by atoms with E-state index in [9.17, 15) is 4.79 Å². The summed E-state index contributed by atoms with van der Waals surface area (Å²) in [6, 6.07) is 8.10. The van der Waals surface area contributed by atoms with Crippen LogP contribution in [0.2, 0.25) is 0 Å². The molecular weight excluding hydrogens is 252 g/mol. The molecule has 0 unspecified atom stereocenters. The van der Waals surface area contributed by atoms with E-state index >= 15 is 0 Å². The smallest absolute Gasteiger partial charge is 0.289 e. The third-order valence-corrected chi connectivity index (χ3v) is 4.21. The molecule has 106 valence electrons. The molecule has 1 N–H and O–H groups in total. The normalized spacial score (nSPS) is 16.5. The maximum Gasteiger partial charge on any atom is 0.289 e. The summed E-state index contributed by atoms with van der Waals surface area (Å²) < 4.78 is 5.77. The summed E-state index contributed by atoms with van der Waals surface area (Å²) in [6.45, 7) is 3.90. The Morgan fingerprint density at radius 1 is 1.30 bits per heavy atom. The highest BCUT2D eigenvalue weighted by Crippen LogP contribution is 2.26. The van der Waals surface area contributed by atoms with Gasteiger partial charge in [-0.05, 0) is 38.9 Å². The number of aryl methyl sites for hydroxylation is 1. The topological polar surface area (TPSA) is 45.5 Å². The molecule has 4 heteroatoms. The lowest BCUT2D eigenvalue weighted by Crippen LogP contribution is -2.44. The van der Waals surface area contributed by atoms with E-state index in [1.54, 1.807) is 0 Å². The Morgan fingerprint density at radius 2 is 2.00 bits per heavy atom. The third kappa shape index (κ3) is 2.20. The molecular formula is C16H20N2O2. The number of carbonyl (C=O) groups excluding carboxylic acids is 1. The number of para-hydroxylation sites is 1. The number of nitrogens with one attached hydrogen (secondary N) is 1. The zero-order chi connectivity index (χ0) is 14.1. The third-order valence-electron chi connectivity index (χ3n) is 4.21. The largest absolute Gasteiger partial charge is 0.451 e. The lowest BCUT2D eigenvalue weighted by Gasteiger charge is -2.31. The van der Waals surface area contributed by atoms with Gasteiger partial charge in [-0.15, -0.1) is 0 Å². The fourth-order valence-electron chi connectivity index (χ4n) is 2.90. The van der Waals surface area contributed by atoms with Gasteiger partial charge < -0.3 is 14.6 Å². The van der Waals surface area contributed by atoms with E-state index in [0.29, 0.717) is 11.8 Å². The van der Waals surface area contributed by atoms with Crippen molar-refractivity contribution < 1.29 is 9.21 Å². The van der Waals surface area contributed by atoms with Crippen LogP contribution >= 0.6 is 0 Å². The zero-order valence-corrected chi connectivity index (χ0v) is 12.0. The van der Waals surface area contributed by atoms with E-state index < -0.39 is 0 Å².